The van der Waals surface area contributed by atoms with Gasteiger partial charge in [-0.1, -0.05) is 66.1 Å². The average molecular weight is 791 g/mol. The van der Waals surface area contributed by atoms with Crippen LogP contribution in [0.25, 0.3) is 0 Å². The lowest BCUT2D eigenvalue weighted by atomic mass is 9.77. The molecule has 6 N–H and O–H groups in total. The summed E-state index contributed by atoms with van der Waals surface area (Å²) in [6.45, 7) is 19.1. The predicted octanol–water partition coefficient (Wildman–Crippen LogP) is 5.56. The molecule has 5 aliphatic rings. The summed E-state index contributed by atoms with van der Waals surface area (Å²) >= 11 is 0. The van der Waals surface area contributed by atoms with Gasteiger partial charge < -0.3 is 26.4 Å². The molecule has 7 rings (SSSR count). The Bertz CT molecular complexity index is 1920. The van der Waals surface area contributed by atoms with E-state index in [1.165, 1.54) is 28.0 Å². The van der Waals surface area contributed by atoms with Crippen LogP contribution in [0.5, 0.6) is 0 Å². The standard InChI is InChI=1S/C19H27N3O2.C19H25N3O.CHF3O3S/c1-4-5-19(24)18(6-8-20-9-7-18)21-17(23)22(19)13-16-11-14(2)10-15(3)12-16;1-12-8-13(2)17-14(3)10-16-19(4-6-20-7-5-19)21-18(23)22(16)11-15(17)9-12;2-1(3,4)8(5,6)7/h4,10-12,20,24H,1,5-9,13H2,2-3H3,(H,21,23);8-10,14,20H,4-7,11H2,1-3H3,(H,21,23);(H,5,6,7). The topological polar surface area (TPSA) is 163 Å². The summed E-state index contributed by atoms with van der Waals surface area (Å²) in [5.41, 5.74) is 2.31. The molecule has 0 aliphatic carbocycles. The summed E-state index contributed by atoms with van der Waals surface area (Å²) < 4.78 is 57.5. The van der Waals surface area contributed by atoms with Crippen LogP contribution in [-0.4, -0.2) is 88.4 Å². The lowest BCUT2D eigenvalue weighted by Gasteiger charge is -2.46. The fourth-order valence-electron chi connectivity index (χ4n) is 8.91. The number of urea groups is 2. The van der Waals surface area contributed by atoms with Gasteiger partial charge in [-0.05, 0) is 102 Å². The van der Waals surface area contributed by atoms with Crippen LogP contribution >= 0.6 is 0 Å². The molecule has 2 aromatic carbocycles. The third-order valence-electron chi connectivity index (χ3n) is 11.2. The van der Waals surface area contributed by atoms with Crippen LogP contribution in [0.15, 0.2) is 54.8 Å². The second-order valence-corrected chi connectivity index (χ2v) is 16.8. The molecule has 0 saturated carbocycles. The SMILES string of the molecule is C=CCC1(O)N(Cc2cc(C)cc(C)c2)C(=O)NC12CCNCC2.Cc1cc(C)c2c(c1)CN1C(=O)NC3(CCNCC3)C1=CC2C.O=S(=O)(O)C(F)(F)F. The molecule has 4 fully saturated rings. The van der Waals surface area contributed by atoms with Gasteiger partial charge in [-0.2, -0.15) is 21.6 Å². The molecule has 2 atom stereocenters. The molecule has 0 radical (unpaired) electrons. The molecule has 4 amide bonds. The van der Waals surface area contributed by atoms with Gasteiger partial charge in [0.15, 0.2) is 5.72 Å². The van der Waals surface area contributed by atoms with Gasteiger partial charge in [0.2, 0.25) is 0 Å². The Balaban J connectivity index is 0.000000177. The predicted molar refractivity (Wildman–Crippen MR) is 204 cm³/mol. The number of hydrogen-bond donors (Lipinski definition) is 6. The lowest BCUT2D eigenvalue weighted by molar-refractivity contribution is -0.123. The number of halogens is 3. The summed E-state index contributed by atoms with van der Waals surface area (Å²) in [6.07, 6.45) is 7.77. The van der Waals surface area contributed by atoms with Crippen molar-refractivity contribution < 1.29 is 40.8 Å². The highest BCUT2D eigenvalue weighted by Crippen LogP contribution is 2.43. The number of piperidine rings is 2. The van der Waals surface area contributed by atoms with Crippen molar-refractivity contribution in [2.45, 2.75) is 108 Å². The maximum Gasteiger partial charge on any atom is 0.522 e. The number of alkyl halides is 3. The number of fused-ring (bicyclic) bond motifs is 3. The van der Waals surface area contributed by atoms with Gasteiger partial charge in [0.1, 0.15) is 0 Å². The van der Waals surface area contributed by atoms with E-state index in [4.69, 9.17) is 13.0 Å². The van der Waals surface area contributed by atoms with Crippen LogP contribution in [0, 0.1) is 27.7 Å². The first-order chi connectivity index (χ1) is 25.6. The summed E-state index contributed by atoms with van der Waals surface area (Å²) in [7, 11) is -5.84. The van der Waals surface area contributed by atoms with Crippen LogP contribution in [-0.2, 0) is 23.2 Å². The minimum absolute atomic E-state index is 0.0670. The van der Waals surface area contributed by atoms with Gasteiger partial charge >= 0.3 is 27.7 Å². The second-order valence-electron chi connectivity index (χ2n) is 15.4. The number of nitrogens with zero attached hydrogens (tertiary/aromatic N) is 2. The smallest absolute Gasteiger partial charge is 0.368 e. The third kappa shape index (κ3) is 8.58. The van der Waals surface area contributed by atoms with Crippen LogP contribution in [0.1, 0.15) is 83.9 Å². The van der Waals surface area contributed by atoms with Crippen LogP contribution < -0.4 is 21.3 Å². The van der Waals surface area contributed by atoms with Gasteiger partial charge in [0, 0.05) is 18.0 Å². The molecule has 4 saturated heterocycles. The van der Waals surface area contributed by atoms with E-state index in [0.717, 1.165) is 55.7 Å². The zero-order chi connectivity index (χ0) is 40.6. The number of benzene rings is 2. The van der Waals surface area contributed by atoms with Crippen LogP contribution in [0.3, 0.4) is 0 Å². The average Bonchev–Trinajstić information content (AvgIpc) is 3.32. The zero-order valence-electron chi connectivity index (χ0n) is 32.1. The van der Waals surface area contributed by atoms with E-state index < -0.39 is 26.9 Å². The molecule has 16 heteroatoms. The first-order valence-electron chi connectivity index (χ1n) is 18.5. The third-order valence-corrected chi connectivity index (χ3v) is 11.8. The number of carbonyl (C=O) groups excluding carboxylic acids is 2. The molecule has 5 heterocycles. The van der Waals surface area contributed by atoms with Crippen LogP contribution in [0.4, 0.5) is 22.8 Å². The molecule has 55 heavy (non-hydrogen) atoms. The Hall–Kier alpha value is -3.96. The van der Waals surface area contributed by atoms with E-state index in [0.29, 0.717) is 38.3 Å². The van der Waals surface area contributed by atoms with E-state index in [1.54, 1.807) is 11.0 Å². The van der Waals surface area contributed by atoms with Gasteiger partial charge in [-0.3, -0.25) is 14.4 Å². The highest BCUT2D eigenvalue weighted by molar-refractivity contribution is 7.86. The molecular weight excluding hydrogens is 738 g/mol. The number of carbonyl (C=O) groups is 2. The molecule has 12 nitrogen and oxygen atoms in total. The van der Waals surface area contributed by atoms with E-state index in [2.05, 4.69) is 85.0 Å². The van der Waals surface area contributed by atoms with Crippen molar-refractivity contribution in [2.24, 2.45) is 0 Å². The van der Waals surface area contributed by atoms with Crippen molar-refractivity contribution in [1.29, 1.82) is 0 Å². The van der Waals surface area contributed by atoms with Crippen molar-refractivity contribution in [3.05, 3.63) is 93.7 Å². The Morgan fingerprint density at radius 1 is 0.891 bits per heavy atom. The minimum Gasteiger partial charge on any atom is -0.368 e. The molecule has 5 aliphatic heterocycles. The number of rotatable bonds is 4. The second kappa shape index (κ2) is 15.9. The van der Waals surface area contributed by atoms with Gasteiger partial charge in [-0.25, -0.2) is 9.59 Å². The molecular formula is C39H53F3N6O6S. The number of nitrogens with one attached hydrogen (secondary N) is 4. The monoisotopic (exact) mass is 790 g/mol. The van der Waals surface area contributed by atoms with E-state index >= 15 is 0 Å². The molecule has 0 bridgehead atoms. The summed E-state index contributed by atoms with van der Waals surface area (Å²) in [4.78, 5) is 29.0. The Labute approximate surface area is 321 Å². The first kappa shape index (κ1) is 42.2. The largest absolute Gasteiger partial charge is 0.522 e. The zero-order valence-corrected chi connectivity index (χ0v) is 32.9. The van der Waals surface area contributed by atoms with Crippen LogP contribution in [0.2, 0.25) is 0 Å². The number of aryl methyl sites for hydroxylation is 4. The fourth-order valence-corrected chi connectivity index (χ4v) is 8.91. The van der Waals surface area contributed by atoms with Crippen molar-refractivity contribution in [1.82, 2.24) is 31.1 Å². The normalized spacial score (nSPS) is 24.0. The Morgan fingerprint density at radius 2 is 1.44 bits per heavy atom. The van der Waals surface area contributed by atoms with Gasteiger partial charge in [0.25, 0.3) is 0 Å². The summed E-state index contributed by atoms with van der Waals surface area (Å²) in [5, 5.41) is 24.6. The molecule has 0 aromatic heterocycles. The maximum atomic E-state index is 12.7. The summed E-state index contributed by atoms with van der Waals surface area (Å²) in [6, 6.07) is 10.6. The molecule has 2 unspecified atom stereocenters. The molecule has 302 valence electrons. The van der Waals surface area contributed by atoms with Gasteiger partial charge in [0.05, 0.1) is 24.2 Å². The molecule has 2 aromatic rings. The fraction of sp³-hybridized carbons (Fsp3) is 0.538. The van der Waals surface area contributed by atoms with Crippen molar-refractivity contribution >= 4 is 22.2 Å². The first-order valence-corrected chi connectivity index (χ1v) is 20.0. The highest BCUT2D eigenvalue weighted by Gasteiger charge is 2.61. The van der Waals surface area contributed by atoms with E-state index in [-0.39, 0.29) is 17.6 Å². The van der Waals surface area contributed by atoms with Crippen molar-refractivity contribution in [3.63, 3.8) is 0 Å². The Kier molecular flexibility index (Phi) is 12.2. The Morgan fingerprint density at radius 3 is 1.98 bits per heavy atom. The quantitative estimate of drug-likeness (QED) is 0.133. The minimum atomic E-state index is -5.84. The lowest BCUT2D eigenvalue weighted by Crippen LogP contribution is -2.64. The number of aliphatic hydroxyl groups is 1. The van der Waals surface area contributed by atoms with E-state index in [9.17, 15) is 27.9 Å². The van der Waals surface area contributed by atoms with Gasteiger partial charge in [-0.15, -0.1) is 6.58 Å². The number of amides is 4. The van der Waals surface area contributed by atoms with Crippen molar-refractivity contribution in [3.8, 4) is 0 Å². The van der Waals surface area contributed by atoms with E-state index in [1.807, 2.05) is 18.7 Å². The summed E-state index contributed by atoms with van der Waals surface area (Å²) in [5.74, 6) is 0.338. The highest BCUT2D eigenvalue weighted by atomic mass is 32.2. The van der Waals surface area contributed by atoms with Crippen molar-refractivity contribution in [2.75, 3.05) is 26.2 Å². The molecule has 2 spiro atoms. The number of allylic oxidation sites excluding steroid dienone is 1. The number of hydrogen-bond acceptors (Lipinski definition) is 7. The maximum absolute atomic E-state index is 12.7.